The van der Waals surface area contributed by atoms with Gasteiger partial charge in [0.1, 0.15) is 12.5 Å². The number of aryl methyl sites for hydroxylation is 4. The molecule has 120 valence electrons. The highest BCUT2D eigenvalue weighted by Crippen LogP contribution is 2.09. The fourth-order valence-corrected chi connectivity index (χ4v) is 3.27. The fraction of sp³-hybridized carbons (Fsp3) is 0.263. The van der Waals surface area contributed by atoms with Gasteiger partial charge in [-0.25, -0.2) is 9.55 Å². The van der Waals surface area contributed by atoms with Crippen molar-refractivity contribution in [3.8, 4) is 0 Å². The predicted molar refractivity (Wildman–Crippen MR) is 97.2 cm³/mol. The summed E-state index contributed by atoms with van der Waals surface area (Å²) in [5, 5.41) is 2.02. The third-order valence-corrected chi connectivity index (χ3v) is 4.66. The Hall–Kier alpha value is -2.56. The summed E-state index contributed by atoms with van der Waals surface area (Å²) in [5.41, 5.74) is 4.48. The van der Waals surface area contributed by atoms with Gasteiger partial charge in [-0.15, -0.1) is 0 Å². The molecule has 0 saturated heterocycles. The van der Waals surface area contributed by atoms with E-state index in [0.717, 1.165) is 32.9 Å². The summed E-state index contributed by atoms with van der Waals surface area (Å²) in [7, 11) is 3.89. The van der Waals surface area contributed by atoms with Crippen LogP contribution >= 0.6 is 0 Å². The normalized spacial score (nSPS) is 16.1. The van der Waals surface area contributed by atoms with Crippen LogP contribution in [0, 0.1) is 20.7 Å². The molecule has 24 heavy (non-hydrogen) atoms. The van der Waals surface area contributed by atoms with E-state index in [1.54, 1.807) is 6.20 Å². The van der Waals surface area contributed by atoms with Crippen molar-refractivity contribution in [2.45, 2.75) is 20.7 Å². The molecular weight excluding hydrogens is 297 g/mol. The van der Waals surface area contributed by atoms with Crippen molar-refractivity contribution < 1.29 is 13.1 Å². The molecule has 0 saturated carbocycles. The molecule has 0 unspecified atom stereocenters. The first kappa shape index (κ1) is 11.9. The van der Waals surface area contributed by atoms with E-state index >= 15 is 0 Å². The van der Waals surface area contributed by atoms with Gasteiger partial charge < -0.3 is 9.23 Å². The number of furan rings is 1. The van der Waals surface area contributed by atoms with Crippen LogP contribution in [-0.2, 0) is 7.05 Å². The molecule has 3 aromatic rings. The van der Waals surface area contributed by atoms with Crippen molar-refractivity contribution in [2.24, 2.45) is 7.05 Å². The summed E-state index contributed by atoms with van der Waals surface area (Å²) in [4.78, 5) is 6.59. The van der Waals surface area contributed by atoms with Crippen molar-refractivity contribution in [3.05, 3.63) is 51.9 Å². The van der Waals surface area contributed by atoms with Gasteiger partial charge in [-0.2, -0.15) is 0 Å². The van der Waals surface area contributed by atoms with E-state index in [4.69, 9.17) is 8.53 Å². The molecule has 0 aromatic carbocycles. The Labute approximate surface area is 146 Å². The second-order valence-electron chi connectivity index (χ2n) is 6.50. The largest absolute Gasteiger partial charge is 0.439 e. The van der Waals surface area contributed by atoms with Gasteiger partial charge in [-0.3, -0.25) is 0 Å². The Morgan fingerprint density at radius 3 is 2.92 bits per heavy atom. The highest BCUT2D eigenvalue weighted by molar-refractivity contribution is 6.82. The van der Waals surface area contributed by atoms with Gasteiger partial charge in [0.15, 0.2) is 11.8 Å². The number of rotatable bonds is 1. The first-order chi connectivity index (χ1) is 12.6. The van der Waals surface area contributed by atoms with E-state index < -0.39 is 6.85 Å². The van der Waals surface area contributed by atoms with Crippen LogP contribution in [0.4, 0.5) is 0 Å². The highest BCUT2D eigenvalue weighted by Gasteiger charge is 2.31. The molecule has 0 amide bonds. The molecule has 4 rings (SSSR count). The van der Waals surface area contributed by atoms with E-state index in [2.05, 4.69) is 22.0 Å². The van der Waals surface area contributed by atoms with Crippen LogP contribution in [0.25, 0.3) is 23.3 Å². The van der Waals surface area contributed by atoms with Gasteiger partial charge in [0.05, 0.1) is 0 Å². The predicted octanol–water partition coefficient (Wildman–Crippen LogP) is 0.479. The van der Waals surface area contributed by atoms with E-state index in [9.17, 15) is 0 Å². The maximum atomic E-state index is 7.71. The highest BCUT2D eigenvalue weighted by atomic mass is 16.3. The Kier molecular flexibility index (Phi) is 2.59. The lowest BCUT2D eigenvalue weighted by Crippen LogP contribution is -2.61. The molecule has 0 atom stereocenters. The zero-order valence-electron chi connectivity index (χ0n) is 17.3. The van der Waals surface area contributed by atoms with Crippen molar-refractivity contribution in [3.63, 3.8) is 0 Å². The third-order valence-electron chi connectivity index (χ3n) is 4.66. The molecule has 5 heteroatoms. The number of pyridine rings is 2. The zero-order valence-corrected chi connectivity index (χ0v) is 14.3. The van der Waals surface area contributed by atoms with Crippen molar-refractivity contribution in [1.29, 1.82) is 0 Å². The van der Waals surface area contributed by atoms with Crippen LogP contribution in [0.3, 0.4) is 0 Å². The molecule has 3 aromatic heterocycles. The summed E-state index contributed by atoms with van der Waals surface area (Å²) in [6.07, 6.45) is 3.77. The van der Waals surface area contributed by atoms with Gasteiger partial charge in [-0.05, 0) is 57.6 Å². The van der Waals surface area contributed by atoms with Crippen LogP contribution in [0.2, 0.25) is 0 Å². The lowest BCUT2D eigenvalue weighted by molar-refractivity contribution is -0.654. The molecule has 4 heterocycles. The van der Waals surface area contributed by atoms with E-state index in [1.807, 2.05) is 50.7 Å². The monoisotopic (exact) mass is 321 g/mol. The van der Waals surface area contributed by atoms with Gasteiger partial charge in [-0.1, -0.05) is 0 Å². The molecule has 1 aliphatic rings. The minimum Gasteiger partial charge on any atom is -0.439 e. The quantitative estimate of drug-likeness (QED) is 0.483. The van der Waals surface area contributed by atoms with Crippen LogP contribution in [0.15, 0.2) is 28.8 Å². The van der Waals surface area contributed by atoms with Crippen LogP contribution in [0.1, 0.15) is 20.9 Å². The summed E-state index contributed by atoms with van der Waals surface area (Å²) in [6.45, 7) is 1.60. The molecule has 0 aliphatic carbocycles. The van der Waals surface area contributed by atoms with E-state index in [-0.39, 0.29) is 6.85 Å². The minimum atomic E-state index is -2.12. The van der Waals surface area contributed by atoms with Crippen molar-refractivity contribution >= 4 is 35.7 Å². The Bertz CT molecular complexity index is 1180. The summed E-state index contributed by atoms with van der Waals surface area (Å²) in [5.74, 6) is 2.07. The molecule has 4 nitrogen and oxygen atoms in total. The molecule has 0 bridgehead atoms. The zero-order chi connectivity index (χ0) is 19.5. The van der Waals surface area contributed by atoms with Crippen LogP contribution in [-0.4, -0.2) is 23.7 Å². The minimum absolute atomic E-state index is 0.0616. The maximum Gasteiger partial charge on any atom is 0.399 e. The second-order valence-corrected chi connectivity index (χ2v) is 6.50. The summed E-state index contributed by atoms with van der Waals surface area (Å²) >= 11 is 0. The average molecular weight is 321 g/mol. The molecule has 0 fully saturated rings. The summed E-state index contributed by atoms with van der Waals surface area (Å²) in [6, 6.07) is 5.96. The Balaban J connectivity index is 1.88. The van der Waals surface area contributed by atoms with Gasteiger partial charge in [0.2, 0.25) is 5.71 Å². The SMILES string of the molecule is [2H]C([2H])([2H])c1c[n+](C)c(B2C=c3oc4nc(C)ccc4c3=CN2C)cc1C. The number of hydrogen-bond donors (Lipinski definition) is 0. The molecule has 0 radical (unpaired) electrons. The summed E-state index contributed by atoms with van der Waals surface area (Å²) < 4.78 is 31.0. The molecule has 1 aliphatic heterocycles. The van der Waals surface area contributed by atoms with E-state index in [1.165, 1.54) is 0 Å². The molecular formula is C19H21BN3O+. The third kappa shape index (κ3) is 2.23. The molecule has 0 spiro atoms. The number of fused-ring (bicyclic) bond motifs is 3. The smallest absolute Gasteiger partial charge is 0.399 e. The first-order valence-corrected chi connectivity index (χ1v) is 7.97. The first-order valence-electron chi connectivity index (χ1n) is 9.47. The lowest BCUT2D eigenvalue weighted by atomic mass is 9.56. The maximum absolute atomic E-state index is 7.71. The fourth-order valence-electron chi connectivity index (χ4n) is 3.27. The standard InChI is InChI=1S/C19H21BN3O/c1-12-8-18(22(4)10-13(12)2)20-9-17-16(11-23(20)5)15-7-6-14(3)21-19(15)24-17/h6-11H,1-5H3/q+1/i2D3. The van der Waals surface area contributed by atoms with Crippen molar-refractivity contribution in [1.82, 2.24) is 9.79 Å². The second kappa shape index (κ2) is 5.23. The average Bonchev–Trinajstić information content (AvgIpc) is 2.91. The van der Waals surface area contributed by atoms with Gasteiger partial charge in [0.25, 0.3) is 0 Å². The topological polar surface area (TPSA) is 33.1 Å². The lowest BCUT2D eigenvalue weighted by Gasteiger charge is -2.21. The Morgan fingerprint density at radius 1 is 1.29 bits per heavy atom. The van der Waals surface area contributed by atoms with Crippen molar-refractivity contribution in [2.75, 3.05) is 7.05 Å². The Morgan fingerprint density at radius 2 is 2.12 bits per heavy atom. The van der Waals surface area contributed by atoms with Gasteiger partial charge >= 0.3 is 6.85 Å². The number of nitrogens with zero attached hydrogens (tertiary/aromatic N) is 3. The van der Waals surface area contributed by atoms with Crippen LogP contribution < -0.4 is 20.8 Å². The van der Waals surface area contributed by atoms with Crippen LogP contribution in [0.5, 0.6) is 0 Å². The molecule has 0 N–H and O–H groups in total. The number of hydrogen-bond acceptors (Lipinski definition) is 3. The number of aromatic nitrogens is 2. The van der Waals surface area contributed by atoms with E-state index in [0.29, 0.717) is 11.3 Å². The van der Waals surface area contributed by atoms with Gasteiger partial charge in [0, 0.05) is 32.0 Å².